The van der Waals surface area contributed by atoms with Gasteiger partial charge in [-0.05, 0) is 42.4 Å². The fourth-order valence-corrected chi connectivity index (χ4v) is 3.51. The molecular formula is C17H26ClNO. The third kappa shape index (κ3) is 3.60. The SMILES string of the molecule is COc1ccc(Cl)cc1NC1CCCCC1C(C)(C)C. The van der Waals surface area contributed by atoms with Crippen molar-refractivity contribution in [1.29, 1.82) is 0 Å². The minimum Gasteiger partial charge on any atom is -0.495 e. The largest absolute Gasteiger partial charge is 0.495 e. The Morgan fingerprint density at radius 1 is 1.20 bits per heavy atom. The Kier molecular flexibility index (Phi) is 4.85. The van der Waals surface area contributed by atoms with Crippen molar-refractivity contribution in [2.75, 3.05) is 12.4 Å². The van der Waals surface area contributed by atoms with Crippen LogP contribution in [0.1, 0.15) is 46.5 Å². The van der Waals surface area contributed by atoms with Gasteiger partial charge < -0.3 is 10.1 Å². The number of hydrogen-bond acceptors (Lipinski definition) is 2. The van der Waals surface area contributed by atoms with Crippen molar-refractivity contribution < 1.29 is 4.74 Å². The van der Waals surface area contributed by atoms with Crippen LogP contribution in [0.15, 0.2) is 18.2 Å². The van der Waals surface area contributed by atoms with Gasteiger partial charge >= 0.3 is 0 Å². The molecule has 1 aliphatic rings. The van der Waals surface area contributed by atoms with Crippen LogP contribution < -0.4 is 10.1 Å². The first-order chi connectivity index (χ1) is 9.41. The molecule has 2 rings (SSSR count). The molecule has 0 aliphatic heterocycles. The Balaban J connectivity index is 2.20. The highest BCUT2D eigenvalue weighted by atomic mass is 35.5. The van der Waals surface area contributed by atoms with E-state index in [1.54, 1.807) is 7.11 Å². The lowest BCUT2D eigenvalue weighted by molar-refractivity contribution is 0.162. The lowest BCUT2D eigenvalue weighted by Gasteiger charge is -2.41. The lowest BCUT2D eigenvalue weighted by atomic mass is 9.69. The molecule has 0 spiro atoms. The Labute approximate surface area is 127 Å². The summed E-state index contributed by atoms with van der Waals surface area (Å²) in [6, 6.07) is 6.26. The molecule has 0 aromatic heterocycles. The van der Waals surface area contributed by atoms with Gasteiger partial charge in [-0.15, -0.1) is 0 Å². The van der Waals surface area contributed by atoms with Crippen LogP contribution in [-0.4, -0.2) is 13.2 Å². The van der Waals surface area contributed by atoms with Crippen LogP contribution >= 0.6 is 11.6 Å². The van der Waals surface area contributed by atoms with Gasteiger partial charge in [0.2, 0.25) is 0 Å². The van der Waals surface area contributed by atoms with E-state index in [1.807, 2.05) is 18.2 Å². The monoisotopic (exact) mass is 295 g/mol. The highest BCUT2D eigenvalue weighted by Gasteiger charge is 2.34. The molecule has 1 fully saturated rings. The Morgan fingerprint density at radius 3 is 2.55 bits per heavy atom. The maximum atomic E-state index is 6.12. The van der Waals surface area contributed by atoms with E-state index in [-0.39, 0.29) is 0 Å². The molecule has 1 aromatic carbocycles. The number of methoxy groups -OCH3 is 1. The van der Waals surface area contributed by atoms with E-state index in [9.17, 15) is 0 Å². The second-order valence-corrected chi connectivity index (χ2v) is 7.29. The fourth-order valence-electron chi connectivity index (χ4n) is 3.33. The van der Waals surface area contributed by atoms with Crippen LogP contribution in [0.3, 0.4) is 0 Å². The normalized spacial score (nSPS) is 23.4. The van der Waals surface area contributed by atoms with Crippen molar-refractivity contribution >= 4 is 17.3 Å². The highest BCUT2D eigenvalue weighted by Crippen LogP contribution is 2.40. The smallest absolute Gasteiger partial charge is 0.142 e. The van der Waals surface area contributed by atoms with E-state index in [2.05, 4.69) is 26.1 Å². The first kappa shape index (κ1) is 15.5. The molecular weight excluding hydrogens is 270 g/mol. The molecule has 0 radical (unpaired) electrons. The molecule has 112 valence electrons. The van der Waals surface area contributed by atoms with Gasteiger partial charge in [-0.25, -0.2) is 0 Å². The van der Waals surface area contributed by atoms with E-state index in [0.717, 1.165) is 16.5 Å². The van der Waals surface area contributed by atoms with Gasteiger partial charge in [0.05, 0.1) is 12.8 Å². The summed E-state index contributed by atoms with van der Waals surface area (Å²) in [5, 5.41) is 4.44. The van der Waals surface area contributed by atoms with Crippen LogP contribution in [-0.2, 0) is 0 Å². The highest BCUT2D eigenvalue weighted by molar-refractivity contribution is 6.30. The molecule has 3 heteroatoms. The standard InChI is InChI=1S/C17H26ClNO/c1-17(2,3)13-7-5-6-8-14(13)19-15-11-12(18)9-10-16(15)20-4/h9-11,13-14,19H,5-8H2,1-4H3. The summed E-state index contributed by atoms with van der Waals surface area (Å²) in [6.07, 6.45) is 5.15. The summed E-state index contributed by atoms with van der Waals surface area (Å²) >= 11 is 6.12. The van der Waals surface area contributed by atoms with E-state index in [0.29, 0.717) is 17.4 Å². The van der Waals surface area contributed by atoms with E-state index >= 15 is 0 Å². The molecule has 0 saturated heterocycles. The zero-order valence-corrected chi connectivity index (χ0v) is 13.8. The summed E-state index contributed by atoms with van der Waals surface area (Å²) < 4.78 is 5.44. The average molecular weight is 296 g/mol. The number of ether oxygens (including phenoxy) is 1. The van der Waals surface area contributed by atoms with Crippen LogP contribution in [0.5, 0.6) is 5.75 Å². The van der Waals surface area contributed by atoms with Crippen LogP contribution in [0, 0.1) is 11.3 Å². The molecule has 2 unspecified atom stereocenters. The number of rotatable bonds is 3. The van der Waals surface area contributed by atoms with E-state index in [1.165, 1.54) is 25.7 Å². The maximum absolute atomic E-state index is 6.12. The summed E-state index contributed by atoms with van der Waals surface area (Å²) in [4.78, 5) is 0. The van der Waals surface area contributed by atoms with Gasteiger partial charge in [0, 0.05) is 11.1 Å². The van der Waals surface area contributed by atoms with Crippen molar-refractivity contribution in [3.05, 3.63) is 23.2 Å². The predicted molar refractivity (Wildman–Crippen MR) is 86.8 cm³/mol. The van der Waals surface area contributed by atoms with Crippen molar-refractivity contribution in [2.45, 2.75) is 52.5 Å². The van der Waals surface area contributed by atoms with Gasteiger partial charge in [-0.3, -0.25) is 0 Å². The van der Waals surface area contributed by atoms with Crippen LogP contribution in [0.4, 0.5) is 5.69 Å². The first-order valence-electron chi connectivity index (χ1n) is 7.52. The fraction of sp³-hybridized carbons (Fsp3) is 0.647. The summed E-state index contributed by atoms with van der Waals surface area (Å²) in [7, 11) is 1.70. The Bertz CT molecular complexity index is 453. The van der Waals surface area contributed by atoms with E-state index < -0.39 is 0 Å². The van der Waals surface area contributed by atoms with Crippen molar-refractivity contribution in [3.8, 4) is 5.75 Å². The molecule has 1 aromatic rings. The third-order valence-electron chi connectivity index (χ3n) is 4.38. The second-order valence-electron chi connectivity index (χ2n) is 6.85. The predicted octanol–water partition coefficient (Wildman–Crippen LogP) is 5.37. The third-order valence-corrected chi connectivity index (χ3v) is 4.62. The lowest BCUT2D eigenvalue weighted by Crippen LogP contribution is -2.39. The van der Waals surface area contributed by atoms with Gasteiger partial charge in [0.1, 0.15) is 5.75 Å². The van der Waals surface area contributed by atoms with Gasteiger partial charge in [0.15, 0.2) is 0 Å². The van der Waals surface area contributed by atoms with Gasteiger partial charge in [-0.1, -0.05) is 45.2 Å². The molecule has 2 atom stereocenters. The minimum atomic E-state index is 0.323. The second kappa shape index (κ2) is 6.26. The van der Waals surface area contributed by atoms with E-state index in [4.69, 9.17) is 16.3 Å². The summed E-state index contributed by atoms with van der Waals surface area (Å²) in [5.74, 6) is 1.55. The zero-order valence-electron chi connectivity index (χ0n) is 13.0. The van der Waals surface area contributed by atoms with Gasteiger partial charge in [-0.2, -0.15) is 0 Å². The van der Waals surface area contributed by atoms with Crippen molar-refractivity contribution in [1.82, 2.24) is 0 Å². The molecule has 0 amide bonds. The Morgan fingerprint density at radius 2 is 1.90 bits per heavy atom. The van der Waals surface area contributed by atoms with Gasteiger partial charge in [0.25, 0.3) is 0 Å². The number of benzene rings is 1. The molecule has 0 bridgehead atoms. The minimum absolute atomic E-state index is 0.323. The maximum Gasteiger partial charge on any atom is 0.142 e. The quantitative estimate of drug-likeness (QED) is 0.810. The molecule has 0 heterocycles. The molecule has 20 heavy (non-hydrogen) atoms. The molecule has 2 nitrogen and oxygen atoms in total. The van der Waals surface area contributed by atoms with Crippen molar-refractivity contribution in [3.63, 3.8) is 0 Å². The number of nitrogens with one attached hydrogen (secondary N) is 1. The molecule has 1 N–H and O–H groups in total. The number of anilines is 1. The summed E-state index contributed by atoms with van der Waals surface area (Å²) in [6.45, 7) is 7.02. The van der Waals surface area contributed by atoms with Crippen LogP contribution in [0.25, 0.3) is 0 Å². The number of halogens is 1. The zero-order chi connectivity index (χ0) is 14.8. The molecule has 1 aliphatic carbocycles. The average Bonchev–Trinajstić information content (AvgIpc) is 2.38. The first-order valence-corrected chi connectivity index (χ1v) is 7.89. The topological polar surface area (TPSA) is 21.3 Å². The van der Waals surface area contributed by atoms with Crippen molar-refractivity contribution in [2.24, 2.45) is 11.3 Å². The summed E-state index contributed by atoms with van der Waals surface area (Å²) in [5.41, 5.74) is 1.34. The Hall–Kier alpha value is -0.890. The number of hydrogen-bond donors (Lipinski definition) is 1. The van der Waals surface area contributed by atoms with Crippen LogP contribution in [0.2, 0.25) is 5.02 Å². The molecule has 1 saturated carbocycles.